The highest BCUT2D eigenvalue weighted by molar-refractivity contribution is 6.30. The first kappa shape index (κ1) is 24.3. The van der Waals surface area contributed by atoms with Crippen LogP contribution in [0.3, 0.4) is 0 Å². The largest absolute Gasteiger partial charge is 0.299 e. The number of hydrogen-bond donors (Lipinski definition) is 0. The minimum Gasteiger partial charge on any atom is -0.299 e. The molecule has 0 atom stereocenters. The molecule has 2 aliphatic carbocycles. The van der Waals surface area contributed by atoms with Gasteiger partial charge in [0, 0.05) is 36.6 Å². The predicted octanol–water partition coefficient (Wildman–Crippen LogP) is 6.09. The van der Waals surface area contributed by atoms with Crippen molar-refractivity contribution in [2.75, 3.05) is 0 Å². The molecule has 2 aliphatic rings. The van der Waals surface area contributed by atoms with E-state index in [1.807, 2.05) is 60.7 Å². The molecule has 4 nitrogen and oxygen atoms in total. The summed E-state index contributed by atoms with van der Waals surface area (Å²) in [6.07, 6.45) is 0.858. The minimum absolute atomic E-state index is 0.187. The molecule has 2 fully saturated rings. The number of halogens is 1. The topological polar surface area (TPSA) is 68.3 Å². The van der Waals surface area contributed by atoms with Crippen LogP contribution in [0.25, 0.3) is 0 Å². The molecule has 0 bridgehead atoms. The summed E-state index contributed by atoms with van der Waals surface area (Å²) in [4.78, 5) is 54.2. The molecule has 0 amide bonds. The number of carbonyl (C=O) groups is 4. The first-order valence-corrected chi connectivity index (χ1v) is 12.8. The Hall–Kier alpha value is -3.37. The van der Waals surface area contributed by atoms with E-state index in [0.717, 1.165) is 11.1 Å². The van der Waals surface area contributed by atoms with Gasteiger partial charge in [-0.2, -0.15) is 0 Å². The molecule has 0 heterocycles. The standard InChI is InChI=1S/C31H27ClO4/c32-24-13-11-21(12-14-24)29(30-25(33)15-22(16-26(30)34)19-7-3-1-4-8-19)31-27(35)17-23(18-28(31)36)20-9-5-2-6-10-20/h1-14,22-23,29-31H,15-18H2. The summed E-state index contributed by atoms with van der Waals surface area (Å²) in [7, 11) is 0. The van der Waals surface area contributed by atoms with Gasteiger partial charge >= 0.3 is 0 Å². The smallest absolute Gasteiger partial charge is 0.144 e. The second-order valence-corrected chi connectivity index (χ2v) is 10.4. The molecule has 3 aromatic carbocycles. The third-order valence-electron chi connectivity index (χ3n) is 7.69. The van der Waals surface area contributed by atoms with Gasteiger partial charge in [-0.15, -0.1) is 0 Å². The van der Waals surface area contributed by atoms with Crippen molar-refractivity contribution in [2.45, 2.75) is 43.4 Å². The van der Waals surface area contributed by atoms with Crippen molar-refractivity contribution in [3.05, 3.63) is 107 Å². The average Bonchev–Trinajstić information content (AvgIpc) is 2.88. The third-order valence-corrected chi connectivity index (χ3v) is 7.94. The van der Waals surface area contributed by atoms with Crippen LogP contribution in [0.5, 0.6) is 0 Å². The normalized spacial score (nSPS) is 25.6. The van der Waals surface area contributed by atoms with E-state index in [1.165, 1.54) is 0 Å². The van der Waals surface area contributed by atoms with E-state index in [1.54, 1.807) is 24.3 Å². The van der Waals surface area contributed by atoms with Crippen molar-refractivity contribution in [1.29, 1.82) is 0 Å². The van der Waals surface area contributed by atoms with E-state index in [9.17, 15) is 19.2 Å². The fourth-order valence-corrected chi connectivity index (χ4v) is 6.09. The number of carbonyl (C=O) groups excluding carboxylic acids is 4. The highest BCUT2D eigenvalue weighted by atomic mass is 35.5. The molecule has 0 spiro atoms. The van der Waals surface area contributed by atoms with Crippen molar-refractivity contribution < 1.29 is 19.2 Å². The Balaban J connectivity index is 1.48. The quantitative estimate of drug-likeness (QED) is 0.399. The molecule has 0 aliphatic heterocycles. The number of hydrogen-bond acceptors (Lipinski definition) is 4. The SMILES string of the molecule is O=C1CC(c2ccccc2)CC(=O)C1C(c1ccc(Cl)cc1)C1C(=O)CC(c2ccccc2)CC1=O. The molecule has 3 aromatic rings. The molecule has 182 valence electrons. The molecular formula is C31H27ClO4. The van der Waals surface area contributed by atoms with E-state index < -0.39 is 17.8 Å². The first-order chi connectivity index (χ1) is 17.4. The highest BCUT2D eigenvalue weighted by Gasteiger charge is 2.50. The van der Waals surface area contributed by atoms with Crippen LogP contribution < -0.4 is 0 Å². The number of rotatable bonds is 5. The third kappa shape index (κ3) is 4.83. The molecule has 0 aromatic heterocycles. The Bertz CT molecular complexity index is 1170. The van der Waals surface area contributed by atoms with Crippen LogP contribution in [0.15, 0.2) is 84.9 Å². The van der Waals surface area contributed by atoms with Crippen molar-refractivity contribution >= 4 is 34.7 Å². The second kappa shape index (κ2) is 10.3. The van der Waals surface area contributed by atoms with E-state index in [0.29, 0.717) is 10.6 Å². The summed E-state index contributed by atoms with van der Waals surface area (Å²) >= 11 is 6.11. The second-order valence-electron chi connectivity index (χ2n) is 9.93. The summed E-state index contributed by atoms with van der Waals surface area (Å²) in [5.74, 6) is -4.03. The fraction of sp³-hybridized carbons (Fsp3) is 0.290. The summed E-state index contributed by atoms with van der Waals surface area (Å²) in [6, 6.07) is 26.0. The number of Topliss-reactive ketones (excluding diaryl/α,β-unsaturated/α-hetero) is 4. The maximum Gasteiger partial charge on any atom is 0.144 e. The first-order valence-electron chi connectivity index (χ1n) is 12.4. The summed E-state index contributed by atoms with van der Waals surface area (Å²) in [5.41, 5.74) is 2.54. The molecule has 0 radical (unpaired) electrons. The highest BCUT2D eigenvalue weighted by Crippen LogP contribution is 2.45. The maximum atomic E-state index is 13.5. The lowest BCUT2D eigenvalue weighted by molar-refractivity contribution is -0.142. The van der Waals surface area contributed by atoms with Crippen LogP contribution in [0.4, 0.5) is 0 Å². The van der Waals surface area contributed by atoms with E-state index >= 15 is 0 Å². The Morgan fingerprint density at radius 2 is 0.889 bits per heavy atom. The molecule has 0 saturated heterocycles. The van der Waals surface area contributed by atoms with Crippen molar-refractivity contribution in [1.82, 2.24) is 0 Å². The Morgan fingerprint density at radius 1 is 0.528 bits per heavy atom. The molecular weight excluding hydrogens is 472 g/mol. The van der Waals surface area contributed by atoms with Crippen LogP contribution in [0.1, 0.15) is 60.1 Å². The molecule has 5 rings (SSSR count). The van der Waals surface area contributed by atoms with Gasteiger partial charge in [0.05, 0.1) is 11.8 Å². The fourth-order valence-electron chi connectivity index (χ4n) is 5.97. The molecule has 5 heteroatoms. The van der Waals surface area contributed by atoms with Crippen molar-refractivity contribution in [3.8, 4) is 0 Å². The van der Waals surface area contributed by atoms with E-state index in [-0.39, 0.29) is 60.7 Å². The summed E-state index contributed by atoms with van der Waals surface area (Å²) in [6.45, 7) is 0. The molecule has 0 unspecified atom stereocenters. The lowest BCUT2D eigenvalue weighted by atomic mass is 9.62. The molecule has 36 heavy (non-hydrogen) atoms. The zero-order valence-electron chi connectivity index (χ0n) is 19.8. The van der Waals surface area contributed by atoms with Gasteiger partial charge in [-0.05, 0) is 40.7 Å². The zero-order valence-corrected chi connectivity index (χ0v) is 20.6. The molecule has 2 saturated carbocycles. The van der Waals surface area contributed by atoms with Crippen molar-refractivity contribution in [3.63, 3.8) is 0 Å². The van der Waals surface area contributed by atoms with Gasteiger partial charge in [-0.3, -0.25) is 19.2 Å². The van der Waals surface area contributed by atoms with Crippen LogP contribution >= 0.6 is 11.6 Å². The summed E-state index contributed by atoms with van der Waals surface area (Å²) in [5, 5.41) is 0.508. The number of benzene rings is 3. The van der Waals surface area contributed by atoms with Crippen molar-refractivity contribution in [2.24, 2.45) is 11.8 Å². The maximum absolute atomic E-state index is 13.5. The predicted molar refractivity (Wildman–Crippen MR) is 138 cm³/mol. The Morgan fingerprint density at radius 3 is 1.25 bits per heavy atom. The van der Waals surface area contributed by atoms with Crippen LogP contribution in [-0.4, -0.2) is 23.1 Å². The lowest BCUT2D eigenvalue weighted by Crippen LogP contribution is -2.45. The Labute approximate surface area is 215 Å². The monoisotopic (exact) mass is 498 g/mol. The van der Waals surface area contributed by atoms with Crippen LogP contribution in [0, 0.1) is 11.8 Å². The van der Waals surface area contributed by atoms with Crippen LogP contribution in [-0.2, 0) is 19.2 Å². The zero-order chi connectivity index (χ0) is 25.2. The van der Waals surface area contributed by atoms with Gasteiger partial charge in [0.2, 0.25) is 0 Å². The Kier molecular flexibility index (Phi) is 6.97. The van der Waals surface area contributed by atoms with Gasteiger partial charge in [-0.25, -0.2) is 0 Å². The van der Waals surface area contributed by atoms with Gasteiger partial charge in [0.1, 0.15) is 23.1 Å². The minimum atomic E-state index is -1.02. The van der Waals surface area contributed by atoms with Crippen LogP contribution in [0.2, 0.25) is 5.02 Å². The average molecular weight is 499 g/mol. The molecule has 0 N–H and O–H groups in total. The van der Waals surface area contributed by atoms with Gasteiger partial charge < -0.3 is 0 Å². The lowest BCUT2D eigenvalue weighted by Gasteiger charge is -2.38. The van der Waals surface area contributed by atoms with Gasteiger partial charge in [0.25, 0.3) is 0 Å². The van der Waals surface area contributed by atoms with Gasteiger partial charge in [-0.1, -0.05) is 84.4 Å². The van der Waals surface area contributed by atoms with Gasteiger partial charge in [0.15, 0.2) is 0 Å². The summed E-state index contributed by atoms with van der Waals surface area (Å²) < 4.78 is 0. The van der Waals surface area contributed by atoms with E-state index in [4.69, 9.17) is 11.6 Å². The van der Waals surface area contributed by atoms with E-state index in [2.05, 4.69) is 0 Å². The number of ketones is 4.